The number of aromatic nitrogens is 1. The molecule has 0 fully saturated rings. The van der Waals surface area contributed by atoms with Crippen LogP contribution in [0.15, 0.2) is 54.9 Å². The monoisotopic (exact) mass is 300 g/mol. The van der Waals surface area contributed by atoms with E-state index in [1.165, 1.54) is 0 Å². The number of nitrogens with zero attached hydrogens (tertiary/aromatic N) is 1. The molecule has 1 unspecified atom stereocenters. The molecule has 1 atom stereocenters. The number of carbonyl (C=O) groups is 1. The van der Waals surface area contributed by atoms with Crippen molar-refractivity contribution in [2.24, 2.45) is 0 Å². The summed E-state index contributed by atoms with van der Waals surface area (Å²) in [6.45, 7) is 0.309. The number of aliphatic hydroxyl groups is 1. The van der Waals surface area contributed by atoms with Gasteiger partial charge in [-0.2, -0.15) is 0 Å². The molecule has 5 heteroatoms. The maximum atomic E-state index is 11.9. The summed E-state index contributed by atoms with van der Waals surface area (Å²) in [4.78, 5) is 16.0. The van der Waals surface area contributed by atoms with Crippen molar-refractivity contribution in [3.05, 3.63) is 66.0 Å². The van der Waals surface area contributed by atoms with Crippen molar-refractivity contribution in [1.29, 1.82) is 0 Å². The molecule has 1 aromatic heterocycles. The number of ether oxygens (including phenoxy) is 1. The Balaban J connectivity index is 1.90. The van der Waals surface area contributed by atoms with E-state index >= 15 is 0 Å². The summed E-state index contributed by atoms with van der Waals surface area (Å²) in [5, 5.41) is 11.8. The molecule has 2 aromatic rings. The number of alkyl carbamates (subject to hydrolysis) is 1. The van der Waals surface area contributed by atoms with Crippen LogP contribution in [0.4, 0.5) is 4.79 Å². The second kappa shape index (κ2) is 8.79. The quantitative estimate of drug-likeness (QED) is 0.825. The average molecular weight is 300 g/mol. The topological polar surface area (TPSA) is 71.5 Å². The van der Waals surface area contributed by atoms with E-state index in [0.29, 0.717) is 12.8 Å². The first-order valence-electron chi connectivity index (χ1n) is 7.27. The Morgan fingerprint density at radius 2 is 2.05 bits per heavy atom. The smallest absolute Gasteiger partial charge is 0.407 e. The molecule has 2 rings (SSSR count). The standard InChI is InChI=1S/C17H20N2O3/c20-11-5-9-16(15-8-4-10-18-12-15)19-17(21)22-13-14-6-2-1-3-7-14/h1-4,6-8,10,12,16,20H,5,9,11,13H2,(H,19,21). The highest BCUT2D eigenvalue weighted by molar-refractivity contribution is 5.67. The fourth-order valence-corrected chi connectivity index (χ4v) is 2.11. The molecule has 1 aromatic carbocycles. The second-order valence-electron chi connectivity index (χ2n) is 4.91. The Bertz CT molecular complexity index is 561. The Morgan fingerprint density at radius 1 is 1.23 bits per heavy atom. The maximum Gasteiger partial charge on any atom is 0.407 e. The van der Waals surface area contributed by atoms with Crippen molar-refractivity contribution in [3.8, 4) is 0 Å². The number of benzene rings is 1. The van der Waals surface area contributed by atoms with Gasteiger partial charge < -0.3 is 15.2 Å². The van der Waals surface area contributed by atoms with Gasteiger partial charge in [-0.1, -0.05) is 36.4 Å². The van der Waals surface area contributed by atoms with E-state index in [-0.39, 0.29) is 19.3 Å². The fourth-order valence-electron chi connectivity index (χ4n) is 2.11. The van der Waals surface area contributed by atoms with Crippen LogP contribution in [0.1, 0.15) is 30.0 Å². The van der Waals surface area contributed by atoms with Gasteiger partial charge in [0, 0.05) is 19.0 Å². The van der Waals surface area contributed by atoms with Crippen molar-refractivity contribution < 1.29 is 14.6 Å². The van der Waals surface area contributed by atoms with Gasteiger partial charge in [0.05, 0.1) is 6.04 Å². The van der Waals surface area contributed by atoms with Gasteiger partial charge in [-0.05, 0) is 30.0 Å². The fraction of sp³-hybridized carbons (Fsp3) is 0.294. The number of hydrogen-bond donors (Lipinski definition) is 2. The van der Waals surface area contributed by atoms with E-state index in [9.17, 15) is 4.79 Å². The molecule has 0 spiro atoms. The zero-order valence-electron chi connectivity index (χ0n) is 12.3. The molecule has 0 saturated heterocycles. The Kier molecular flexibility index (Phi) is 6.39. The molecule has 2 N–H and O–H groups in total. The van der Waals surface area contributed by atoms with Crippen LogP contribution >= 0.6 is 0 Å². The van der Waals surface area contributed by atoms with Crippen LogP contribution < -0.4 is 5.32 Å². The SMILES string of the molecule is O=C(NC(CCCO)c1cccnc1)OCc1ccccc1. The minimum atomic E-state index is -0.476. The van der Waals surface area contributed by atoms with Crippen LogP contribution in [0.25, 0.3) is 0 Å². The van der Waals surface area contributed by atoms with E-state index < -0.39 is 6.09 Å². The summed E-state index contributed by atoms with van der Waals surface area (Å²) in [5.74, 6) is 0. The molecule has 116 valence electrons. The number of carbonyl (C=O) groups excluding carboxylic acids is 1. The summed E-state index contributed by atoms with van der Waals surface area (Å²) in [6, 6.07) is 13.0. The number of nitrogens with one attached hydrogen (secondary N) is 1. The van der Waals surface area contributed by atoms with Crippen molar-refractivity contribution in [2.45, 2.75) is 25.5 Å². The van der Waals surface area contributed by atoms with Crippen LogP contribution in [0.3, 0.4) is 0 Å². The Morgan fingerprint density at radius 3 is 2.73 bits per heavy atom. The van der Waals surface area contributed by atoms with E-state index in [1.807, 2.05) is 42.5 Å². The Hall–Kier alpha value is -2.40. The lowest BCUT2D eigenvalue weighted by Gasteiger charge is -2.18. The lowest BCUT2D eigenvalue weighted by atomic mass is 10.0. The van der Waals surface area contributed by atoms with Gasteiger partial charge in [-0.15, -0.1) is 0 Å². The molecule has 0 bridgehead atoms. The van der Waals surface area contributed by atoms with E-state index in [2.05, 4.69) is 10.3 Å². The second-order valence-corrected chi connectivity index (χ2v) is 4.91. The maximum absolute atomic E-state index is 11.9. The molecule has 5 nitrogen and oxygen atoms in total. The third kappa shape index (κ3) is 5.18. The minimum absolute atomic E-state index is 0.0809. The van der Waals surface area contributed by atoms with Crippen molar-refractivity contribution in [1.82, 2.24) is 10.3 Å². The normalized spacial score (nSPS) is 11.7. The molecule has 1 heterocycles. The molecule has 0 aliphatic carbocycles. The predicted octanol–water partition coefficient (Wildman–Crippen LogP) is 2.82. The summed E-state index contributed by atoms with van der Waals surface area (Å²) in [6.07, 6.45) is 4.14. The molecular weight excluding hydrogens is 280 g/mol. The average Bonchev–Trinajstić information content (AvgIpc) is 2.58. The minimum Gasteiger partial charge on any atom is -0.445 e. The molecule has 0 aliphatic heterocycles. The van der Waals surface area contributed by atoms with Crippen molar-refractivity contribution in [2.75, 3.05) is 6.61 Å². The van der Waals surface area contributed by atoms with Gasteiger partial charge in [0.25, 0.3) is 0 Å². The van der Waals surface area contributed by atoms with E-state index in [1.54, 1.807) is 12.4 Å². The highest BCUT2D eigenvalue weighted by Crippen LogP contribution is 2.17. The van der Waals surface area contributed by atoms with Crippen molar-refractivity contribution >= 4 is 6.09 Å². The van der Waals surface area contributed by atoms with E-state index in [0.717, 1.165) is 11.1 Å². The number of aliphatic hydroxyl groups excluding tert-OH is 1. The first kappa shape index (κ1) is 16.0. The zero-order chi connectivity index (χ0) is 15.6. The summed E-state index contributed by atoms with van der Waals surface area (Å²) >= 11 is 0. The van der Waals surface area contributed by atoms with Crippen LogP contribution in [0, 0.1) is 0 Å². The number of hydrogen-bond acceptors (Lipinski definition) is 4. The first-order valence-corrected chi connectivity index (χ1v) is 7.27. The molecule has 0 saturated carbocycles. The number of pyridine rings is 1. The summed E-state index contributed by atoms with van der Waals surface area (Å²) in [5.41, 5.74) is 1.83. The molecule has 0 radical (unpaired) electrons. The highest BCUT2D eigenvalue weighted by Gasteiger charge is 2.15. The largest absolute Gasteiger partial charge is 0.445 e. The lowest BCUT2D eigenvalue weighted by molar-refractivity contribution is 0.134. The molecular formula is C17H20N2O3. The Labute approximate surface area is 130 Å². The van der Waals surface area contributed by atoms with E-state index in [4.69, 9.17) is 9.84 Å². The van der Waals surface area contributed by atoms with Crippen LogP contribution in [0.2, 0.25) is 0 Å². The first-order chi connectivity index (χ1) is 10.8. The van der Waals surface area contributed by atoms with Gasteiger partial charge in [-0.25, -0.2) is 4.79 Å². The van der Waals surface area contributed by atoms with Gasteiger partial charge >= 0.3 is 6.09 Å². The lowest BCUT2D eigenvalue weighted by Crippen LogP contribution is -2.29. The third-order valence-corrected chi connectivity index (χ3v) is 3.24. The van der Waals surface area contributed by atoms with Crippen LogP contribution in [-0.4, -0.2) is 22.8 Å². The summed E-state index contributed by atoms with van der Waals surface area (Å²) in [7, 11) is 0. The van der Waals surface area contributed by atoms with Crippen LogP contribution in [0.5, 0.6) is 0 Å². The molecule has 22 heavy (non-hydrogen) atoms. The predicted molar refractivity (Wildman–Crippen MR) is 83.1 cm³/mol. The number of rotatable bonds is 7. The van der Waals surface area contributed by atoms with Crippen LogP contribution in [-0.2, 0) is 11.3 Å². The van der Waals surface area contributed by atoms with Gasteiger partial charge in [0.2, 0.25) is 0 Å². The number of amides is 1. The van der Waals surface area contributed by atoms with Gasteiger partial charge in [-0.3, -0.25) is 4.98 Å². The molecule has 0 aliphatic rings. The van der Waals surface area contributed by atoms with Gasteiger partial charge in [0.15, 0.2) is 0 Å². The third-order valence-electron chi connectivity index (χ3n) is 3.24. The van der Waals surface area contributed by atoms with Crippen molar-refractivity contribution in [3.63, 3.8) is 0 Å². The highest BCUT2D eigenvalue weighted by atomic mass is 16.5. The zero-order valence-corrected chi connectivity index (χ0v) is 12.3. The molecule has 1 amide bonds. The van der Waals surface area contributed by atoms with Gasteiger partial charge in [0.1, 0.15) is 6.61 Å². The summed E-state index contributed by atoms with van der Waals surface area (Å²) < 4.78 is 5.23.